The summed E-state index contributed by atoms with van der Waals surface area (Å²) >= 11 is 5.94. The minimum absolute atomic E-state index is 0.273. The van der Waals surface area contributed by atoms with E-state index >= 15 is 0 Å². The van der Waals surface area contributed by atoms with Crippen LogP contribution in [0.15, 0.2) is 29.1 Å². The third-order valence-electron chi connectivity index (χ3n) is 3.13. The molecule has 0 bridgehead atoms. The molecule has 0 amide bonds. The van der Waals surface area contributed by atoms with Gasteiger partial charge in [-0.15, -0.1) is 0 Å². The molecule has 0 fully saturated rings. The van der Waals surface area contributed by atoms with Crippen molar-refractivity contribution in [2.24, 2.45) is 0 Å². The van der Waals surface area contributed by atoms with Crippen molar-refractivity contribution in [2.75, 3.05) is 0 Å². The molecule has 1 aromatic carbocycles. The van der Waals surface area contributed by atoms with Crippen LogP contribution >= 0.6 is 11.6 Å². The first kappa shape index (κ1) is 15.4. The Morgan fingerprint density at radius 3 is 2.57 bits per heavy atom. The van der Waals surface area contributed by atoms with Crippen LogP contribution in [0.3, 0.4) is 0 Å². The van der Waals surface area contributed by atoms with Gasteiger partial charge in [0.2, 0.25) is 0 Å². The van der Waals surface area contributed by atoms with Gasteiger partial charge in [-0.25, -0.2) is 4.68 Å². The molecular weight excluding hydrogens is 292 g/mol. The van der Waals surface area contributed by atoms with E-state index in [1.54, 1.807) is 24.3 Å². The van der Waals surface area contributed by atoms with E-state index in [4.69, 9.17) is 16.7 Å². The highest BCUT2D eigenvalue weighted by Crippen LogP contribution is 2.24. The Labute approximate surface area is 127 Å². The molecule has 0 atom stereocenters. The van der Waals surface area contributed by atoms with Crippen LogP contribution in [0, 0.1) is 0 Å². The molecule has 0 saturated carbocycles. The first-order chi connectivity index (χ1) is 9.70. The van der Waals surface area contributed by atoms with Crippen molar-refractivity contribution in [1.82, 2.24) is 9.78 Å². The monoisotopic (exact) mass is 308 g/mol. The number of hydrogen-bond donors (Lipinski definition) is 2. The maximum Gasteiger partial charge on any atom is 0.308 e. The van der Waals surface area contributed by atoms with E-state index in [1.807, 2.05) is 20.8 Å². The van der Waals surface area contributed by atoms with Gasteiger partial charge in [0.05, 0.1) is 17.7 Å². The Morgan fingerprint density at radius 2 is 2.05 bits per heavy atom. The summed E-state index contributed by atoms with van der Waals surface area (Å²) in [4.78, 5) is 23.5. The summed E-state index contributed by atoms with van der Waals surface area (Å²) in [6, 6.07) is 6.83. The van der Waals surface area contributed by atoms with E-state index in [-0.39, 0.29) is 23.0 Å². The topological polar surface area (TPSA) is 75.1 Å². The number of hydrogen-bond acceptors (Lipinski definition) is 2. The van der Waals surface area contributed by atoms with Crippen molar-refractivity contribution in [2.45, 2.75) is 32.6 Å². The number of H-pyrrole nitrogens is 1. The number of carboxylic acids is 1. The van der Waals surface area contributed by atoms with E-state index in [1.165, 1.54) is 4.68 Å². The molecule has 6 heteroatoms. The van der Waals surface area contributed by atoms with Gasteiger partial charge in [0.15, 0.2) is 0 Å². The van der Waals surface area contributed by atoms with Gasteiger partial charge in [0.1, 0.15) is 0 Å². The normalized spacial score (nSPS) is 11.6. The minimum atomic E-state index is -1.03. The van der Waals surface area contributed by atoms with Gasteiger partial charge < -0.3 is 5.11 Å². The molecule has 1 aromatic heterocycles. The standard InChI is InChI=1S/C15H17ClN2O3/c1-15(2,3)13-11(8-12(19)20)14(21)18(17-13)10-6-4-5-9(16)7-10/h4-7,17H,8H2,1-3H3,(H,19,20). The third-order valence-corrected chi connectivity index (χ3v) is 3.37. The number of carboxylic acid groups (broad SMARTS) is 1. The summed E-state index contributed by atoms with van der Waals surface area (Å²) in [6.45, 7) is 5.77. The number of rotatable bonds is 3. The number of benzene rings is 1. The molecule has 0 aliphatic rings. The van der Waals surface area contributed by atoms with Crippen LogP contribution in [0.1, 0.15) is 32.0 Å². The SMILES string of the molecule is CC(C)(C)c1[nH]n(-c2cccc(Cl)c2)c(=O)c1CC(=O)O. The Bertz CT molecular complexity index is 738. The van der Waals surface area contributed by atoms with E-state index in [9.17, 15) is 9.59 Å². The zero-order valence-corrected chi connectivity index (χ0v) is 12.9. The lowest BCUT2D eigenvalue weighted by Gasteiger charge is -2.17. The van der Waals surface area contributed by atoms with Gasteiger partial charge >= 0.3 is 5.97 Å². The van der Waals surface area contributed by atoms with Crippen molar-refractivity contribution in [3.8, 4) is 5.69 Å². The smallest absolute Gasteiger partial charge is 0.308 e. The van der Waals surface area contributed by atoms with Gasteiger partial charge in [-0.1, -0.05) is 38.4 Å². The first-order valence-corrected chi connectivity index (χ1v) is 6.90. The number of nitrogens with zero attached hydrogens (tertiary/aromatic N) is 1. The summed E-state index contributed by atoms with van der Waals surface area (Å²) in [6.07, 6.45) is -0.310. The molecule has 2 rings (SSSR count). The summed E-state index contributed by atoms with van der Waals surface area (Å²) in [5.74, 6) is -1.03. The first-order valence-electron chi connectivity index (χ1n) is 6.52. The van der Waals surface area contributed by atoms with Crippen LogP contribution in [-0.4, -0.2) is 20.9 Å². The molecule has 2 N–H and O–H groups in total. The molecule has 0 spiro atoms. The van der Waals surface area contributed by atoms with Gasteiger partial charge in [-0.2, -0.15) is 0 Å². The maximum atomic E-state index is 12.5. The summed E-state index contributed by atoms with van der Waals surface area (Å²) in [7, 11) is 0. The Kier molecular flexibility index (Phi) is 3.96. The fourth-order valence-electron chi connectivity index (χ4n) is 2.20. The van der Waals surface area contributed by atoms with Crippen LogP contribution in [0.25, 0.3) is 5.69 Å². The van der Waals surface area contributed by atoms with Crippen LogP contribution < -0.4 is 5.56 Å². The van der Waals surface area contributed by atoms with Gasteiger partial charge in [0, 0.05) is 16.1 Å². The van der Waals surface area contributed by atoms with Crippen molar-refractivity contribution in [3.05, 3.63) is 50.9 Å². The quantitative estimate of drug-likeness (QED) is 0.915. The molecule has 0 saturated heterocycles. The molecule has 2 aromatic rings. The Hall–Kier alpha value is -2.01. The van der Waals surface area contributed by atoms with Gasteiger partial charge in [0.25, 0.3) is 5.56 Å². The number of aromatic amines is 1. The molecule has 0 aliphatic carbocycles. The van der Waals surface area contributed by atoms with Crippen LogP contribution in [-0.2, 0) is 16.6 Å². The van der Waals surface area contributed by atoms with Gasteiger partial charge in [-0.3, -0.25) is 14.7 Å². The Balaban J connectivity index is 2.67. The van der Waals surface area contributed by atoms with Crippen molar-refractivity contribution in [3.63, 3.8) is 0 Å². The molecular formula is C15H17ClN2O3. The predicted molar refractivity (Wildman–Crippen MR) is 81.4 cm³/mol. The zero-order valence-electron chi connectivity index (χ0n) is 12.1. The third kappa shape index (κ3) is 3.19. The van der Waals surface area contributed by atoms with Crippen LogP contribution in [0.2, 0.25) is 5.02 Å². The molecule has 112 valence electrons. The molecule has 1 heterocycles. The van der Waals surface area contributed by atoms with Crippen LogP contribution in [0.5, 0.6) is 0 Å². The largest absolute Gasteiger partial charge is 0.481 e. The van der Waals surface area contributed by atoms with E-state index in [0.29, 0.717) is 16.4 Å². The summed E-state index contributed by atoms with van der Waals surface area (Å²) in [5.41, 5.74) is 0.748. The fraction of sp³-hybridized carbons (Fsp3) is 0.333. The second kappa shape index (κ2) is 5.41. The zero-order chi connectivity index (χ0) is 15.8. The maximum absolute atomic E-state index is 12.5. The van der Waals surface area contributed by atoms with Crippen molar-refractivity contribution >= 4 is 17.6 Å². The highest BCUT2D eigenvalue weighted by molar-refractivity contribution is 6.30. The minimum Gasteiger partial charge on any atom is -0.481 e. The highest BCUT2D eigenvalue weighted by atomic mass is 35.5. The van der Waals surface area contributed by atoms with E-state index in [2.05, 4.69) is 5.10 Å². The summed E-state index contributed by atoms with van der Waals surface area (Å²) < 4.78 is 1.34. The lowest BCUT2D eigenvalue weighted by atomic mass is 9.89. The molecule has 21 heavy (non-hydrogen) atoms. The lowest BCUT2D eigenvalue weighted by molar-refractivity contribution is -0.136. The summed E-state index contributed by atoms with van der Waals surface area (Å²) in [5, 5.41) is 12.5. The fourth-order valence-corrected chi connectivity index (χ4v) is 2.39. The van der Waals surface area contributed by atoms with E-state index in [0.717, 1.165) is 0 Å². The highest BCUT2D eigenvalue weighted by Gasteiger charge is 2.26. The van der Waals surface area contributed by atoms with E-state index < -0.39 is 5.97 Å². The van der Waals surface area contributed by atoms with Crippen molar-refractivity contribution < 1.29 is 9.90 Å². The molecule has 0 aliphatic heterocycles. The lowest BCUT2D eigenvalue weighted by Crippen LogP contribution is -2.21. The van der Waals surface area contributed by atoms with Gasteiger partial charge in [-0.05, 0) is 18.2 Å². The van der Waals surface area contributed by atoms with Crippen molar-refractivity contribution in [1.29, 1.82) is 0 Å². The predicted octanol–water partition coefficient (Wildman–Crippen LogP) is 2.74. The second-order valence-electron chi connectivity index (χ2n) is 5.91. The number of nitrogens with one attached hydrogen (secondary N) is 1. The number of halogens is 1. The number of carbonyl (C=O) groups is 1. The molecule has 5 nitrogen and oxygen atoms in total. The number of aromatic nitrogens is 2. The average molecular weight is 309 g/mol. The molecule has 0 unspecified atom stereocenters. The van der Waals surface area contributed by atoms with Crippen LogP contribution in [0.4, 0.5) is 0 Å². The average Bonchev–Trinajstić information content (AvgIpc) is 2.66. The number of aliphatic carboxylic acids is 1. The molecule has 0 radical (unpaired) electrons. The second-order valence-corrected chi connectivity index (χ2v) is 6.34. The Morgan fingerprint density at radius 1 is 1.38 bits per heavy atom.